The molecular formula is C16H12Cl2N4S. The Morgan fingerprint density at radius 2 is 1.91 bits per heavy atom. The normalized spacial score (nSPS) is 11.3. The van der Waals surface area contributed by atoms with Crippen molar-refractivity contribution in [1.29, 1.82) is 0 Å². The number of nitrogens with zero attached hydrogens (tertiary/aromatic N) is 3. The van der Waals surface area contributed by atoms with Gasteiger partial charge in [-0.1, -0.05) is 65.2 Å². The number of benzene rings is 2. The van der Waals surface area contributed by atoms with Crippen LogP contribution in [0.1, 0.15) is 11.1 Å². The maximum absolute atomic E-state index is 6.17. The van der Waals surface area contributed by atoms with Crippen molar-refractivity contribution in [3.63, 3.8) is 0 Å². The van der Waals surface area contributed by atoms with E-state index in [9.17, 15) is 0 Å². The van der Waals surface area contributed by atoms with Gasteiger partial charge in [0.25, 0.3) is 0 Å². The monoisotopic (exact) mass is 362 g/mol. The van der Waals surface area contributed by atoms with Crippen LogP contribution in [0.15, 0.2) is 47.6 Å². The highest BCUT2D eigenvalue weighted by atomic mass is 35.5. The Kier molecular flexibility index (Phi) is 4.61. The van der Waals surface area contributed by atoms with Crippen LogP contribution in [0.4, 0.5) is 0 Å². The number of H-pyrrole nitrogens is 1. The summed E-state index contributed by atoms with van der Waals surface area (Å²) < 4.78 is 1.95. The minimum atomic E-state index is 0.398. The molecule has 0 unspecified atom stereocenters. The van der Waals surface area contributed by atoms with Gasteiger partial charge in [0.1, 0.15) is 0 Å². The molecule has 0 spiro atoms. The largest absolute Gasteiger partial charge is 0.250 e. The van der Waals surface area contributed by atoms with Crippen LogP contribution in [0.25, 0.3) is 11.4 Å². The van der Waals surface area contributed by atoms with Gasteiger partial charge >= 0.3 is 0 Å². The van der Waals surface area contributed by atoms with Crippen LogP contribution in [0.5, 0.6) is 0 Å². The number of halogens is 2. The van der Waals surface area contributed by atoms with Crippen LogP contribution >= 0.6 is 35.4 Å². The average molecular weight is 363 g/mol. The van der Waals surface area contributed by atoms with Gasteiger partial charge in [0, 0.05) is 11.1 Å². The van der Waals surface area contributed by atoms with Crippen molar-refractivity contribution in [1.82, 2.24) is 14.9 Å². The molecule has 0 fully saturated rings. The SMILES string of the molecule is Cc1ccc(-c2n[nH]c(=S)n2N=Cc2cccc(Cl)c2Cl)cc1. The Labute approximate surface area is 148 Å². The number of aromatic amines is 1. The van der Waals surface area contributed by atoms with Gasteiger partial charge < -0.3 is 0 Å². The van der Waals surface area contributed by atoms with Crippen LogP contribution in [0.3, 0.4) is 0 Å². The standard InChI is InChI=1S/C16H12Cl2N4S/c1-10-5-7-11(8-6-10)15-20-21-16(23)22(15)19-9-12-3-2-4-13(17)14(12)18/h2-9H,1H3,(H,21,23). The van der Waals surface area contributed by atoms with Gasteiger partial charge in [-0.15, -0.1) is 0 Å². The molecule has 4 nitrogen and oxygen atoms in total. The summed E-state index contributed by atoms with van der Waals surface area (Å²) in [5, 5.41) is 12.3. The van der Waals surface area contributed by atoms with Crippen molar-refractivity contribution in [3.05, 3.63) is 68.4 Å². The van der Waals surface area contributed by atoms with E-state index < -0.39 is 0 Å². The van der Waals surface area contributed by atoms with Crippen molar-refractivity contribution < 1.29 is 0 Å². The quantitative estimate of drug-likeness (QED) is 0.520. The molecule has 116 valence electrons. The van der Waals surface area contributed by atoms with E-state index in [0.29, 0.717) is 26.2 Å². The van der Waals surface area contributed by atoms with E-state index >= 15 is 0 Å². The number of nitrogens with one attached hydrogen (secondary N) is 1. The second kappa shape index (κ2) is 6.66. The Morgan fingerprint density at radius 1 is 1.17 bits per heavy atom. The van der Waals surface area contributed by atoms with E-state index in [4.69, 9.17) is 35.4 Å². The van der Waals surface area contributed by atoms with Crippen molar-refractivity contribution in [2.24, 2.45) is 5.10 Å². The summed E-state index contributed by atoms with van der Waals surface area (Å²) in [4.78, 5) is 0. The van der Waals surface area contributed by atoms with Crippen molar-refractivity contribution in [2.75, 3.05) is 0 Å². The molecule has 23 heavy (non-hydrogen) atoms. The summed E-state index contributed by atoms with van der Waals surface area (Å²) in [5.74, 6) is 0.629. The summed E-state index contributed by atoms with van der Waals surface area (Å²) in [6.07, 6.45) is 1.61. The summed E-state index contributed by atoms with van der Waals surface area (Å²) >= 11 is 17.4. The number of aromatic nitrogens is 3. The highest BCUT2D eigenvalue weighted by molar-refractivity contribution is 7.71. The van der Waals surface area contributed by atoms with Crippen LogP contribution in [-0.4, -0.2) is 21.1 Å². The lowest BCUT2D eigenvalue weighted by molar-refractivity contribution is 0.871. The Bertz CT molecular complexity index is 926. The van der Waals surface area contributed by atoms with Crippen LogP contribution in [0, 0.1) is 11.7 Å². The summed E-state index contributed by atoms with van der Waals surface area (Å²) in [6.45, 7) is 2.03. The molecule has 0 amide bonds. The minimum Gasteiger partial charge on any atom is -0.250 e. The molecule has 0 aliphatic heterocycles. The second-order valence-electron chi connectivity index (χ2n) is 4.92. The smallest absolute Gasteiger partial charge is 0.216 e. The average Bonchev–Trinajstić information content (AvgIpc) is 2.91. The predicted molar refractivity (Wildman–Crippen MR) is 97.0 cm³/mol. The molecule has 1 aromatic heterocycles. The molecule has 7 heteroatoms. The van der Waals surface area contributed by atoms with Crippen molar-refractivity contribution >= 4 is 41.6 Å². The minimum absolute atomic E-state index is 0.398. The van der Waals surface area contributed by atoms with E-state index in [1.54, 1.807) is 17.0 Å². The predicted octanol–water partition coefficient (Wildman–Crippen LogP) is 5.11. The molecule has 0 atom stereocenters. The molecule has 0 saturated carbocycles. The van der Waals surface area contributed by atoms with E-state index in [0.717, 1.165) is 5.56 Å². The fraction of sp³-hybridized carbons (Fsp3) is 0.0625. The summed E-state index contributed by atoms with van der Waals surface area (Å²) in [5.41, 5.74) is 2.79. The van der Waals surface area contributed by atoms with Gasteiger partial charge in [0.05, 0.1) is 16.3 Å². The second-order valence-corrected chi connectivity index (χ2v) is 6.09. The lowest BCUT2D eigenvalue weighted by Crippen LogP contribution is -1.95. The molecule has 0 bridgehead atoms. The van der Waals surface area contributed by atoms with Gasteiger partial charge in [-0.3, -0.25) is 0 Å². The zero-order chi connectivity index (χ0) is 16.4. The lowest BCUT2D eigenvalue weighted by atomic mass is 10.1. The van der Waals surface area contributed by atoms with Gasteiger partial charge in [0.2, 0.25) is 4.77 Å². The molecule has 3 aromatic rings. The van der Waals surface area contributed by atoms with Gasteiger partial charge in [-0.2, -0.15) is 14.9 Å². The van der Waals surface area contributed by atoms with Gasteiger partial charge in [0.15, 0.2) is 5.82 Å². The fourth-order valence-corrected chi connectivity index (χ4v) is 2.56. The first-order valence-corrected chi connectivity index (χ1v) is 7.95. The summed E-state index contributed by atoms with van der Waals surface area (Å²) in [6, 6.07) is 13.3. The zero-order valence-electron chi connectivity index (χ0n) is 12.1. The Balaban J connectivity index is 2.02. The number of rotatable bonds is 3. The van der Waals surface area contributed by atoms with E-state index in [2.05, 4.69) is 15.3 Å². The topological polar surface area (TPSA) is 46.0 Å². The molecule has 2 aromatic carbocycles. The first-order chi connectivity index (χ1) is 11.1. The molecule has 1 N–H and O–H groups in total. The number of hydrogen-bond acceptors (Lipinski definition) is 3. The molecule has 0 saturated heterocycles. The molecular weight excluding hydrogens is 351 g/mol. The maximum Gasteiger partial charge on any atom is 0.216 e. The first-order valence-electron chi connectivity index (χ1n) is 6.79. The van der Waals surface area contributed by atoms with E-state index in [-0.39, 0.29) is 0 Å². The van der Waals surface area contributed by atoms with E-state index in [1.165, 1.54) is 5.56 Å². The van der Waals surface area contributed by atoms with Crippen LogP contribution in [0.2, 0.25) is 10.0 Å². The highest BCUT2D eigenvalue weighted by Gasteiger charge is 2.08. The third-order valence-corrected chi connectivity index (χ3v) is 4.35. The highest BCUT2D eigenvalue weighted by Crippen LogP contribution is 2.24. The Hall–Kier alpha value is -1.95. The first kappa shape index (κ1) is 15.9. The van der Waals surface area contributed by atoms with Gasteiger partial charge in [-0.05, 0) is 25.2 Å². The van der Waals surface area contributed by atoms with Crippen molar-refractivity contribution in [2.45, 2.75) is 6.92 Å². The number of hydrogen-bond donors (Lipinski definition) is 1. The summed E-state index contributed by atoms with van der Waals surface area (Å²) in [7, 11) is 0. The Morgan fingerprint density at radius 3 is 2.65 bits per heavy atom. The van der Waals surface area contributed by atoms with E-state index in [1.807, 2.05) is 43.3 Å². The molecule has 3 rings (SSSR count). The molecule has 1 heterocycles. The number of aryl methyl sites for hydroxylation is 1. The third kappa shape index (κ3) is 3.37. The van der Waals surface area contributed by atoms with Crippen LogP contribution < -0.4 is 0 Å². The van der Waals surface area contributed by atoms with Gasteiger partial charge in [-0.25, -0.2) is 5.10 Å². The molecule has 0 aliphatic carbocycles. The molecule has 0 radical (unpaired) electrons. The van der Waals surface area contributed by atoms with Crippen molar-refractivity contribution in [3.8, 4) is 11.4 Å². The maximum atomic E-state index is 6.17. The molecule has 0 aliphatic rings. The zero-order valence-corrected chi connectivity index (χ0v) is 14.5. The third-order valence-electron chi connectivity index (χ3n) is 3.25. The fourth-order valence-electron chi connectivity index (χ4n) is 2.03. The van der Waals surface area contributed by atoms with Crippen LogP contribution in [-0.2, 0) is 0 Å². The lowest BCUT2D eigenvalue weighted by Gasteiger charge is -2.03.